The molecular formula is C14H18N2OS. The van der Waals surface area contributed by atoms with E-state index >= 15 is 0 Å². The second kappa shape index (κ2) is 6.07. The molecule has 0 fully saturated rings. The van der Waals surface area contributed by atoms with Gasteiger partial charge in [0.15, 0.2) is 12.2 Å². The molecule has 1 aromatic heterocycles. The first-order valence-electron chi connectivity index (χ1n) is 6.01. The van der Waals surface area contributed by atoms with E-state index in [9.17, 15) is 0 Å². The highest BCUT2D eigenvalue weighted by molar-refractivity contribution is 7.98. The fourth-order valence-electron chi connectivity index (χ4n) is 1.67. The van der Waals surface area contributed by atoms with Gasteiger partial charge in [-0.15, -0.1) is 11.8 Å². The SMILES string of the molecule is CSc1ccc(-c2ocnc2CNC(C)C)cc1. The summed E-state index contributed by atoms with van der Waals surface area (Å²) in [5, 5.41) is 3.35. The van der Waals surface area contributed by atoms with Crippen LogP contribution in [0.2, 0.25) is 0 Å². The van der Waals surface area contributed by atoms with E-state index in [4.69, 9.17) is 4.42 Å². The summed E-state index contributed by atoms with van der Waals surface area (Å²) < 4.78 is 5.50. The van der Waals surface area contributed by atoms with Crippen molar-refractivity contribution in [1.82, 2.24) is 10.3 Å². The number of oxazole rings is 1. The van der Waals surface area contributed by atoms with Crippen molar-refractivity contribution in [2.45, 2.75) is 31.3 Å². The lowest BCUT2D eigenvalue weighted by molar-refractivity contribution is 0.563. The van der Waals surface area contributed by atoms with Gasteiger partial charge in [-0.2, -0.15) is 0 Å². The predicted octanol–water partition coefficient (Wildman–Crippen LogP) is 3.56. The molecule has 0 aliphatic rings. The Morgan fingerprint density at radius 2 is 2.00 bits per heavy atom. The summed E-state index contributed by atoms with van der Waals surface area (Å²) in [4.78, 5) is 5.52. The Morgan fingerprint density at radius 3 is 2.61 bits per heavy atom. The minimum Gasteiger partial charge on any atom is -0.443 e. The molecule has 0 amide bonds. The van der Waals surface area contributed by atoms with Crippen LogP contribution in [0.5, 0.6) is 0 Å². The third-order valence-corrected chi connectivity index (χ3v) is 3.41. The number of hydrogen-bond donors (Lipinski definition) is 1. The van der Waals surface area contributed by atoms with E-state index < -0.39 is 0 Å². The molecule has 0 unspecified atom stereocenters. The maximum atomic E-state index is 5.50. The zero-order valence-electron chi connectivity index (χ0n) is 10.9. The summed E-state index contributed by atoms with van der Waals surface area (Å²) in [6.07, 6.45) is 3.58. The summed E-state index contributed by atoms with van der Waals surface area (Å²) >= 11 is 1.73. The van der Waals surface area contributed by atoms with Crippen LogP contribution in [-0.4, -0.2) is 17.3 Å². The van der Waals surface area contributed by atoms with Gasteiger partial charge in [-0.1, -0.05) is 26.0 Å². The number of thioether (sulfide) groups is 1. The summed E-state index contributed by atoms with van der Waals surface area (Å²) in [5.41, 5.74) is 2.03. The van der Waals surface area contributed by atoms with Gasteiger partial charge in [-0.25, -0.2) is 4.98 Å². The molecule has 0 aliphatic heterocycles. The van der Waals surface area contributed by atoms with E-state index in [0.717, 1.165) is 23.6 Å². The lowest BCUT2D eigenvalue weighted by atomic mass is 10.1. The average Bonchev–Trinajstić information content (AvgIpc) is 2.85. The van der Waals surface area contributed by atoms with Crippen molar-refractivity contribution in [1.29, 1.82) is 0 Å². The highest BCUT2D eigenvalue weighted by atomic mass is 32.2. The van der Waals surface area contributed by atoms with Crippen molar-refractivity contribution in [2.24, 2.45) is 0 Å². The van der Waals surface area contributed by atoms with Crippen LogP contribution in [0.15, 0.2) is 40.0 Å². The molecule has 0 saturated carbocycles. The quantitative estimate of drug-likeness (QED) is 0.836. The van der Waals surface area contributed by atoms with E-state index in [1.54, 1.807) is 11.8 Å². The zero-order chi connectivity index (χ0) is 13.0. The van der Waals surface area contributed by atoms with Gasteiger partial charge >= 0.3 is 0 Å². The Bertz CT molecular complexity index is 491. The Morgan fingerprint density at radius 1 is 1.28 bits per heavy atom. The van der Waals surface area contributed by atoms with Crippen molar-refractivity contribution in [3.63, 3.8) is 0 Å². The van der Waals surface area contributed by atoms with Crippen molar-refractivity contribution >= 4 is 11.8 Å². The smallest absolute Gasteiger partial charge is 0.181 e. The number of nitrogens with zero attached hydrogens (tertiary/aromatic N) is 1. The van der Waals surface area contributed by atoms with Gasteiger partial charge in [0.1, 0.15) is 5.69 Å². The Hall–Kier alpha value is -1.26. The van der Waals surface area contributed by atoms with E-state index in [1.807, 2.05) is 0 Å². The summed E-state index contributed by atoms with van der Waals surface area (Å²) in [5.74, 6) is 0.857. The first-order valence-corrected chi connectivity index (χ1v) is 7.23. The molecular weight excluding hydrogens is 244 g/mol. The maximum Gasteiger partial charge on any atom is 0.181 e. The highest BCUT2D eigenvalue weighted by Gasteiger charge is 2.10. The van der Waals surface area contributed by atoms with Gasteiger partial charge in [0.25, 0.3) is 0 Å². The van der Waals surface area contributed by atoms with Crippen LogP contribution < -0.4 is 5.32 Å². The van der Waals surface area contributed by atoms with E-state index in [-0.39, 0.29) is 0 Å². The molecule has 18 heavy (non-hydrogen) atoms. The minimum atomic E-state index is 0.438. The zero-order valence-corrected chi connectivity index (χ0v) is 11.8. The molecule has 0 radical (unpaired) electrons. The second-order valence-corrected chi connectivity index (χ2v) is 5.27. The average molecular weight is 262 g/mol. The summed E-state index contributed by atoms with van der Waals surface area (Å²) in [6, 6.07) is 8.79. The van der Waals surface area contributed by atoms with Crippen LogP contribution in [0.1, 0.15) is 19.5 Å². The lowest BCUT2D eigenvalue weighted by Crippen LogP contribution is -2.22. The van der Waals surface area contributed by atoms with Gasteiger partial charge in [-0.05, 0) is 18.4 Å². The van der Waals surface area contributed by atoms with Crippen LogP contribution >= 0.6 is 11.8 Å². The van der Waals surface area contributed by atoms with Crippen molar-refractivity contribution in [2.75, 3.05) is 6.26 Å². The standard InChI is InChI=1S/C14H18N2OS/c1-10(2)15-8-13-14(17-9-16-13)11-4-6-12(18-3)7-5-11/h4-7,9-10,15H,8H2,1-3H3. The van der Waals surface area contributed by atoms with Gasteiger partial charge in [0.05, 0.1) is 0 Å². The van der Waals surface area contributed by atoms with Crippen molar-refractivity contribution in [3.05, 3.63) is 36.4 Å². The van der Waals surface area contributed by atoms with Gasteiger partial charge in [0.2, 0.25) is 0 Å². The number of benzene rings is 1. The molecule has 0 saturated heterocycles. The van der Waals surface area contributed by atoms with E-state index in [0.29, 0.717) is 6.04 Å². The van der Waals surface area contributed by atoms with Crippen LogP contribution in [0.4, 0.5) is 0 Å². The first kappa shape index (κ1) is 13.2. The third kappa shape index (κ3) is 3.15. The predicted molar refractivity (Wildman–Crippen MR) is 75.7 cm³/mol. The molecule has 1 aromatic carbocycles. The first-order chi connectivity index (χ1) is 8.70. The Labute approximate surface area is 112 Å². The highest BCUT2D eigenvalue weighted by Crippen LogP contribution is 2.25. The fraction of sp³-hybridized carbons (Fsp3) is 0.357. The number of hydrogen-bond acceptors (Lipinski definition) is 4. The van der Waals surface area contributed by atoms with Crippen LogP contribution in [0, 0.1) is 0 Å². The Balaban J connectivity index is 2.19. The van der Waals surface area contributed by atoms with Gasteiger partial charge in [-0.3, -0.25) is 0 Å². The second-order valence-electron chi connectivity index (χ2n) is 4.39. The molecule has 1 heterocycles. The molecule has 2 rings (SSSR count). The summed E-state index contributed by atoms with van der Waals surface area (Å²) in [7, 11) is 0. The minimum absolute atomic E-state index is 0.438. The molecule has 1 N–H and O–H groups in total. The molecule has 0 spiro atoms. The molecule has 0 atom stereocenters. The Kier molecular flexibility index (Phi) is 4.44. The van der Waals surface area contributed by atoms with Crippen molar-refractivity contribution < 1.29 is 4.42 Å². The third-order valence-electron chi connectivity index (χ3n) is 2.67. The molecule has 0 bridgehead atoms. The van der Waals surface area contributed by atoms with Crippen LogP contribution in [0.3, 0.4) is 0 Å². The molecule has 0 aliphatic carbocycles. The van der Waals surface area contributed by atoms with Crippen LogP contribution in [0.25, 0.3) is 11.3 Å². The number of aromatic nitrogens is 1. The lowest BCUT2D eigenvalue weighted by Gasteiger charge is -2.07. The maximum absolute atomic E-state index is 5.50. The fourth-order valence-corrected chi connectivity index (χ4v) is 2.08. The molecule has 3 nitrogen and oxygen atoms in total. The number of nitrogens with one attached hydrogen (secondary N) is 1. The molecule has 96 valence electrons. The summed E-state index contributed by atoms with van der Waals surface area (Å²) in [6.45, 7) is 4.97. The van der Waals surface area contributed by atoms with Crippen molar-refractivity contribution in [3.8, 4) is 11.3 Å². The largest absolute Gasteiger partial charge is 0.443 e. The topological polar surface area (TPSA) is 38.1 Å². The van der Waals surface area contributed by atoms with Gasteiger partial charge < -0.3 is 9.73 Å². The van der Waals surface area contributed by atoms with E-state index in [2.05, 4.69) is 54.7 Å². The molecule has 4 heteroatoms. The van der Waals surface area contributed by atoms with Gasteiger partial charge in [0, 0.05) is 23.0 Å². The van der Waals surface area contributed by atoms with Crippen LogP contribution in [-0.2, 0) is 6.54 Å². The monoisotopic (exact) mass is 262 g/mol. The normalized spacial score (nSPS) is 11.1. The number of rotatable bonds is 5. The molecule has 2 aromatic rings. The van der Waals surface area contributed by atoms with E-state index in [1.165, 1.54) is 11.3 Å².